The van der Waals surface area contributed by atoms with Crippen LogP contribution in [-0.2, 0) is 15.7 Å². The van der Waals surface area contributed by atoms with Crippen LogP contribution in [0, 0.1) is 0 Å². The minimum atomic E-state index is -4.54. The topological polar surface area (TPSA) is 70.7 Å². The molecule has 0 aliphatic rings. The lowest BCUT2D eigenvalue weighted by atomic mass is 10.1. The van der Waals surface area contributed by atoms with E-state index < -0.39 is 35.4 Å². The molecule has 0 fully saturated rings. The van der Waals surface area contributed by atoms with E-state index in [2.05, 4.69) is 10.6 Å². The number of rotatable bonds is 4. The van der Waals surface area contributed by atoms with Gasteiger partial charge in [-0.25, -0.2) is 4.79 Å². The Kier molecular flexibility index (Phi) is 6.51. The van der Waals surface area contributed by atoms with Gasteiger partial charge in [-0.3, -0.25) is 4.79 Å². The molecule has 26 heavy (non-hydrogen) atoms. The van der Waals surface area contributed by atoms with E-state index in [0.29, 0.717) is 5.69 Å². The molecule has 0 spiro atoms. The summed E-state index contributed by atoms with van der Waals surface area (Å²) in [4.78, 5) is 25.6. The number of hydrogen-bond acceptors (Lipinski definition) is 4. The molecule has 6 nitrogen and oxygen atoms in total. The van der Waals surface area contributed by atoms with Gasteiger partial charge in [0.05, 0.1) is 16.9 Å². The zero-order valence-electron chi connectivity index (χ0n) is 15.6. The summed E-state index contributed by atoms with van der Waals surface area (Å²) >= 11 is 0. The number of hydrogen-bond donors (Lipinski definition) is 2. The van der Waals surface area contributed by atoms with Gasteiger partial charge in [0.15, 0.2) is 0 Å². The highest BCUT2D eigenvalue weighted by molar-refractivity contribution is 5.99. The van der Waals surface area contributed by atoms with Crippen molar-refractivity contribution in [2.45, 2.75) is 45.5 Å². The first-order valence-corrected chi connectivity index (χ1v) is 7.89. The number of carbonyl (C=O) groups excluding carboxylic acids is 2. The lowest BCUT2D eigenvalue weighted by Gasteiger charge is -2.23. The number of carbonyl (C=O) groups is 2. The van der Waals surface area contributed by atoms with Crippen molar-refractivity contribution in [2.75, 3.05) is 24.3 Å². The Balaban J connectivity index is 2.95. The summed E-state index contributed by atoms with van der Waals surface area (Å²) in [6, 6.07) is 2.06. The van der Waals surface area contributed by atoms with Crippen LogP contribution in [0.5, 0.6) is 0 Å². The van der Waals surface area contributed by atoms with Gasteiger partial charge in [0.25, 0.3) is 0 Å². The van der Waals surface area contributed by atoms with Gasteiger partial charge >= 0.3 is 12.3 Å². The molecule has 0 unspecified atom stereocenters. The van der Waals surface area contributed by atoms with Crippen molar-refractivity contribution in [3.63, 3.8) is 0 Å². The maximum absolute atomic E-state index is 12.9. The molecule has 1 aromatic carbocycles. The van der Waals surface area contributed by atoms with Crippen molar-refractivity contribution < 1.29 is 27.5 Å². The van der Waals surface area contributed by atoms with Crippen molar-refractivity contribution in [3.05, 3.63) is 23.8 Å². The molecular formula is C17H24F3N3O3. The fourth-order valence-electron chi connectivity index (χ4n) is 1.99. The highest BCUT2D eigenvalue weighted by atomic mass is 19.4. The summed E-state index contributed by atoms with van der Waals surface area (Å²) in [6.07, 6.45) is -5.33. The molecule has 0 aliphatic carbocycles. The Bertz CT molecular complexity index is 667. The van der Waals surface area contributed by atoms with E-state index in [4.69, 9.17) is 4.74 Å². The summed E-state index contributed by atoms with van der Waals surface area (Å²) < 4.78 is 43.8. The highest BCUT2D eigenvalue weighted by Gasteiger charge is 2.31. The van der Waals surface area contributed by atoms with E-state index in [1.165, 1.54) is 13.0 Å². The summed E-state index contributed by atoms with van der Waals surface area (Å²) in [5.41, 5.74) is -1.23. The molecular weight excluding hydrogens is 351 g/mol. The minimum absolute atomic E-state index is 0.00679. The number of halogens is 3. The van der Waals surface area contributed by atoms with Crippen molar-refractivity contribution in [3.8, 4) is 0 Å². The fraction of sp³-hybridized carbons (Fsp3) is 0.529. The van der Waals surface area contributed by atoms with Gasteiger partial charge in [-0.05, 0) is 45.9 Å². The molecule has 0 aliphatic heterocycles. The summed E-state index contributed by atoms with van der Waals surface area (Å²) in [5, 5.41) is 4.76. The monoisotopic (exact) mass is 375 g/mol. The van der Waals surface area contributed by atoms with Crippen LogP contribution in [0.2, 0.25) is 0 Å². The third-order valence-electron chi connectivity index (χ3n) is 3.19. The van der Waals surface area contributed by atoms with Gasteiger partial charge in [-0.15, -0.1) is 0 Å². The third-order valence-corrected chi connectivity index (χ3v) is 3.19. The average molecular weight is 375 g/mol. The van der Waals surface area contributed by atoms with Crippen LogP contribution in [0.25, 0.3) is 0 Å². The van der Waals surface area contributed by atoms with Crippen LogP contribution < -0.4 is 15.5 Å². The number of alkyl halides is 3. The van der Waals surface area contributed by atoms with E-state index in [9.17, 15) is 22.8 Å². The van der Waals surface area contributed by atoms with Crippen molar-refractivity contribution >= 4 is 23.4 Å². The third kappa shape index (κ3) is 6.45. The van der Waals surface area contributed by atoms with Gasteiger partial charge in [0.2, 0.25) is 5.91 Å². The van der Waals surface area contributed by atoms with Crippen LogP contribution in [0.4, 0.5) is 29.3 Å². The maximum atomic E-state index is 12.9. The largest absolute Gasteiger partial charge is 0.444 e. The second-order valence-corrected chi connectivity index (χ2v) is 6.98. The number of anilines is 2. The molecule has 0 heterocycles. The smallest absolute Gasteiger partial charge is 0.416 e. The molecule has 0 bridgehead atoms. The van der Waals surface area contributed by atoms with E-state index in [0.717, 1.165) is 12.1 Å². The number of nitrogens with zero attached hydrogens (tertiary/aromatic N) is 1. The SMILES string of the molecule is C[C@@H](NC(=O)OC(C)(C)C)C(=O)Nc1cc(C(F)(F)F)ccc1N(C)C. The lowest BCUT2D eigenvalue weighted by molar-refractivity contribution is -0.137. The Hall–Kier alpha value is -2.45. The first-order chi connectivity index (χ1) is 11.7. The Morgan fingerprint density at radius 2 is 1.73 bits per heavy atom. The predicted molar refractivity (Wildman–Crippen MR) is 93.2 cm³/mol. The van der Waals surface area contributed by atoms with Crippen molar-refractivity contribution in [1.82, 2.24) is 5.32 Å². The molecule has 1 atom stereocenters. The van der Waals surface area contributed by atoms with E-state index in [1.807, 2.05) is 0 Å². The predicted octanol–water partition coefficient (Wildman–Crippen LogP) is 3.62. The molecule has 9 heteroatoms. The maximum Gasteiger partial charge on any atom is 0.416 e. The highest BCUT2D eigenvalue weighted by Crippen LogP contribution is 2.34. The first kappa shape index (κ1) is 21.6. The second kappa shape index (κ2) is 7.84. The zero-order valence-corrected chi connectivity index (χ0v) is 15.6. The molecule has 2 N–H and O–H groups in total. The molecule has 2 amide bonds. The summed E-state index contributed by atoms with van der Waals surface area (Å²) in [7, 11) is 3.28. The number of amides is 2. The Labute approximate surface area is 150 Å². The molecule has 0 aromatic heterocycles. The van der Waals surface area contributed by atoms with Gasteiger partial charge in [0.1, 0.15) is 11.6 Å². The van der Waals surface area contributed by atoms with Crippen LogP contribution >= 0.6 is 0 Å². The molecule has 0 saturated carbocycles. The Morgan fingerprint density at radius 1 is 1.15 bits per heavy atom. The quantitative estimate of drug-likeness (QED) is 0.843. The standard InChI is InChI=1S/C17H24F3N3O3/c1-10(21-15(25)26-16(2,3)4)14(24)22-12-9-11(17(18,19)20)7-8-13(12)23(5)6/h7-10H,1-6H3,(H,21,25)(H,22,24)/t10-/m1/s1. The van der Waals surface area contributed by atoms with Crippen LogP contribution in [-0.4, -0.2) is 37.7 Å². The van der Waals surface area contributed by atoms with Crippen molar-refractivity contribution in [2.24, 2.45) is 0 Å². The van der Waals surface area contributed by atoms with E-state index in [1.54, 1.807) is 39.8 Å². The Morgan fingerprint density at radius 3 is 2.19 bits per heavy atom. The summed E-state index contributed by atoms with van der Waals surface area (Å²) in [6.45, 7) is 6.41. The number of benzene rings is 1. The lowest BCUT2D eigenvalue weighted by Crippen LogP contribution is -2.44. The normalized spacial score (nSPS) is 13.0. The van der Waals surface area contributed by atoms with E-state index >= 15 is 0 Å². The van der Waals surface area contributed by atoms with Crippen LogP contribution in [0.3, 0.4) is 0 Å². The van der Waals surface area contributed by atoms with E-state index in [-0.39, 0.29) is 5.69 Å². The van der Waals surface area contributed by atoms with Gasteiger partial charge in [0, 0.05) is 14.1 Å². The zero-order chi connectivity index (χ0) is 20.3. The summed E-state index contributed by atoms with van der Waals surface area (Å²) in [5.74, 6) is -0.668. The minimum Gasteiger partial charge on any atom is -0.444 e. The molecule has 0 saturated heterocycles. The van der Waals surface area contributed by atoms with Crippen LogP contribution in [0.1, 0.15) is 33.3 Å². The van der Waals surface area contributed by atoms with Crippen molar-refractivity contribution in [1.29, 1.82) is 0 Å². The fourth-order valence-corrected chi connectivity index (χ4v) is 1.99. The van der Waals surface area contributed by atoms with Gasteiger partial charge < -0.3 is 20.3 Å². The number of alkyl carbamates (subject to hydrolysis) is 1. The van der Waals surface area contributed by atoms with Gasteiger partial charge in [-0.1, -0.05) is 0 Å². The average Bonchev–Trinajstić information content (AvgIpc) is 2.43. The number of ether oxygens (including phenoxy) is 1. The molecule has 0 radical (unpaired) electrons. The second-order valence-electron chi connectivity index (χ2n) is 6.98. The van der Waals surface area contributed by atoms with Crippen LogP contribution in [0.15, 0.2) is 18.2 Å². The first-order valence-electron chi connectivity index (χ1n) is 7.89. The molecule has 1 rings (SSSR count). The molecule has 1 aromatic rings. The van der Waals surface area contributed by atoms with Gasteiger partial charge in [-0.2, -0.15) is 13.2 Å². The molecule has 146 valence electrons. The number of nitrogens with one attached hydrogen (secondary N) is 2.